The smallest absolute Gasteiger partial charge is 0.238 e. The van der Waals surface area contributed by atoms with Gasteiger partial charge in [0.1, 0.15) is 0 Å². The number of nitriles is 1. The lowest BCUT2D eigenvalue weighted by Crippen LogP contribution is -2.25. The first-order chi connectivity index (χ1) is 28.7. The number of hydrogen-bond acceptors (Lipinski definition) is 4. The molecule has 5 nitrogen and oxygen atoms in total. The van der Waals surface area contributed by atoms with Gasteiger partial charge in [0.15, 0.2) is 11.6 Å². The molecule has 0 N–H and O–H groups in total. The number of rotatable bonds is 4. The SMILES string of the molecule is N#Cc1cccc(-c2ccc(-c3nc(-c4ccccc4)nc(-n4c5ccccc5c5cc6c(cc54)-c4ccccc4C64c5ccccc5-c5ccccc54)n3)cc2)c1. The summed E-state index contributed by atoms with van der Waals surface area (Å²) in [5.41, 5.74) is 16.3. The van der Waals surface area contributed by atoms with E-state index < -0.39 is 5.41 Å². The van der Waals surface area contributed by atoms with Gasteiger partial charge in [-0.05, 0) is 86.0 Å². The van der Waals surface area contributed by atoms with Gasteiger partial charge < -0.3 is 0 Å². The minimum atomic E-state index is -0.445. The quantitative estimate of drug-likeness (QED) is 0.180. The molecule has 10 aromatic rings. The maximum absolute atomic E-state index is 9.49. The molecule has 0 saturated heterocycles. The van der Waals surface area contributed by atoms with Gasteiger partial charge in [-0.2, -0.15) is 15.2 Å². The van der Waals surface area contributed by atoms with Gasteiger partial charge in [-0.1, -0.05) is 158 Å². The van der Waals surface area contributed by atoms with E-state index in [1.807, 2.05) is 54.6 Å². The van der Waals surface area contributed by atoms with E-state index in [0.717, 1.165) is 44.1 Å². The third-order valence-electron chi connectivity index (χ3n) is 12.1. The van der Waals surface area contributed by atoms with E-state index in [1.165, 1.54) is 44.5 Å². The molecular weight excluding hydrogens is 707 g/mol. The Kier molecular flexibility index (Phi) is 6.84. The molecule has 0 unspecified atom stereocenters. The minimum absolute atomic E-state index is 0.445. The molecule has 2 heterocycles. The van der Waals surface area contributed by atoms with Gasteiger partial charge >= 0.3 is 0 Å². The molecule has 2 aromatic heterocycles. The Morgan fingerprint density at radius 1 is 0.397 bits per heavy atom. The standard InChI is InChI=1S/C53H31N5/c54-32-33-13-12-16-37(29-33)34-25-27-36(28-26-34)51-55-50(35-14-2-1-3-15-35)56-52(57-51)58-48-24-11-7-20-41(48)43-30-47-42(31-49(43)58)40-19-6-10-23-46(40)53(47)44-21-8-4-17-38(44)39-18-5-9-22-45(39)53/h1-31H. The van der Waals surface area contributed by atoms with Crippen LogP contribution in [0.3, 0.4) is 0 Å². The highest BCUT2D eigenvalue weighted by molar-refractivity contribution is 6.12. The third-order valence-corrected chi connectivity index (χ3v) is 12.1. The number of hydrogen-bond donors (Lipinski definition) is 0. The number of aromatic nitrogens is 4. The van der Waals surface area contributed by atoms with Crippen LogP contribution in [0.5, 0.6) is 0 Å². The molecule has 0 atom stereocenters. The summed E-state index contributed by atoms with van der Waals surface area (Å²) >= 11 is 0. The normalized spacial score (nSPS) is 12.9. The molecule has 2 aliphatic carbocycles. The van der Waals surface area contributed by atoms with Crippen LogP contribution in [0.4, 0.5) is 0 Å². The summed E-state index contributed by atoms with van der Waals surface area (Å²) in [7, 11) is 0. The lowest BCUT2D eigenvalue weighted by molar-refractivity contribution is 0.795. The van der Waals surface area contributed by atoms with E-state index in [-0.39, 0.29) is 0 Å². The molecule has 0 bridgehead atoms. The van der Waals surface area contributed by atoms with Crippen molar-refractivity contribution in [1.29, 1.82) is 5.26 Å². The summed E-state index contributed by atoms with van der Waals surface area (Å²) < 4.78 is 2.22. The summed E-state index contributed by atoms with van der Waals surface area (Å²) in [6.45, 7) is 0. The molecule has 2 aliphatic rings. The molecule has 0 radical (unpaired) electrons. The Balaban J connectivity index is 1.11. The van der Waals surface area contributed by atoms with Gasteiger partial charge in [0.25, 0.3) is 0 Å². The van der Waals surface area contributed by atoms with E-state index in [0.29, 0.717) is 23.2 Å². The average Bonchev–Trinajstić information content (AvgIpc) is 3.90. The predicted octanol–water partition coefficient (Wildman–Crippen LogP) is 12.2. The van der Waals surface area contributed by atoms with Gasteiger partial charge in [-0.25, -0.2) is 4.98 Å². The third kappa shape index (κ3) is 4.48. The molecule has 1 spiro atoms. The fourth-order valence-corrected chi connectivity index (χ4v) is 9.66. The van der Waals surface area contributed by atoms with Crippen molar-refractivity contribution >= 4 is 21.8 Å². The van der Waals surface area contributed by atoms with Crippen molar-refractivity contribution in [2.75, 3.05) is 0 Å². The zero-order valence-corrected chi connectivity index (χ0v) is 31.1. The lowest BCUT2D eigenvalue weighted by Gasteiger charge is -2.30. The molecule has 8 aromatic carbocycles. The van der Waals surface area contributed by atoms with Crippen LogP contribution in [0, 0.1) is 11.3 Å². The van der Waals surface area contributed by atoms with Gasteiger partial charge in [-0.15, -0.1) is 0 Å². The van der Waals surface area contributed by atoms with E-state index in [2.05, 4.69) is 144 Å². The van der Waals surface area contributed by atoms with Crippen molar-refractivity contribution in [2.45, 2.75) is 5.41 Å². The fourth-order valence-electron chi connectivity index (χ4n) is 9.66. The van der Waals surface area contributed by atoms with Crippen LogP contribution in [-0.4, -0.2) is 19.5 Å². The summed E-state index contributed by atoms with van der Waals surface area (Å²) in [6, 6.07) is 68.5. The van der Waals surface area contributed by atoms with Crippen molar-refractivity contribution in [2.24, 2.45) is 0 Å². The molecule has 5 heteroatoms. The first-order valence-corrected chi connectivity index (χ1v) is 19.5. The Labute approximate surface area is 334 Å². The second-order valence-electron chi connectivity index (χ2n) is 15.1. The summed E-state index contributed by atoms with van der Waals surface area (Å²) in [5, 5.41) is 11.8. The van der Waals surface area contributed by atoms with Gasteiger partial charge in [0.05, 0.1) is 28.1 Å². The Morgan fingerprint density at radius 2 is 0.948 bits per heavy atom. The molecule has 58 heavy (non-hydrogen) atoms. The summed E-state index contributed by atoms with van der Waals surface area (Å²) in [5.74, 6) is 1.73. The van der Waals surface area contributed by atoms with Crippen LogP contribution < -0.4 is 0 Å². The van der Waals surface area contributed by atoms with Crippen molar-refractivity contribution in [3.63, 3.8) is 0 Å². The van der Waals surface area contributed by atoms with Crippen molar-refractivity contribution < 1.29 is 0 Å². The second-order valence-corrected chi connectivity index (χ2v) is 15.1. The second kappa shape index (κ2) is 12.3. The molecule has 0 fully saturated rings. The zero-order valence-electron chi connectivity index (χ0n) is 31.1. The summed E-state index contributed by atoms with van der Waals surface area (Å²) in [6.07, 6.45) is 0. The van der Waals surface area contributed by atoms with E-state index >= 15 is 0 Å². The Hall–Kier alpha value is -7.94. The van der Waals surface area contributed by atoms with Crippen molar-refractivity contribution in [3.05, 3.63) is 216 Å². The highest BCUT2D eigenvalue weighted by atomic mass is 15.2. The van der Waals surface area contributed by atoms with Crippen molar-refractivity contribution in [3.8, 4) is 68.2 Å². The first-order valence-electron chi connectivity index (χ1n) is 19.5. The monoisotopic (exact) mass is 737 g/mol. The van der Waals surface area contributed by atoms with E-state index in [1.54, 1.807) is 0 Å². The van der Waals surface area contributed by atoms with Gasteiger partial charge in [0.2, 0.25) is 5.95 Å². The van der Waals surface area contributed by atoms with Gasteiger partial charge in [0, 0.05) is 21.9 Å². The maximum atomic E-state index is 9.49. The van der Waals surface area contributed by atoms with Gasteiger partial charge in [-0.3, -0.25) is 4.57 Å². The molecule has 0 aliphatic heterocycles. The Bertz CT molecular complexity index is 3310. The largest absolute Gasteiger partial charge is 0.278 e. The van der Waals surface area contributed by atoms with Crippen LogP contribution >= 0.6 is 0 Å². The first kappa shape index (κ1) is 32.3. The molecular formula is C53H31N5. The molecule has 268 valence electrons. The van der Waals surface area contributed by atoms with Crippen LogP contribution in [0.15, 0.2) is 188 Å². The predicted molar refractivity (Wildman–Crippen MR) is 231 cm³/mol. The van der Waals surface area contributed by atoms with E-state index in [4.69, 9.17) is 15.0 Å². The van der Waals surface area contributed by atoms with E-state index in [9.17, 15) is 5.26 Å². The summed E-state index contributed by atoms with van der Waals surface area (Å²) in [4.78, 5) is 15.6. The maximum Gasteiger partial charge on any atom is 0.238 e. The van der Waals surface area contributed by atoms with Crippen LogP contribution in [0.25, 0.3) is 83.9 Å². The Morgan fingerprint density at radius 3 is 1.62 bits per heavy atom. The number of nitrogens with zero attached hydrogens (tertiary/aromatic N) is 5. The topological polar surface area (TPSA) is 67.4 Å². The van der Waals surface area contributed by atoms with Crippen LogP contribution in [0.2, 0.25) is 0 Å². The molecule has 12 rings (SSSR count). The van der Waals surface area contributed by atoms with Crippen molar-refractivity contribution in [1.82, 2.24) is 19.5 Å². The lowest BCUT2D eigenvalue weighted by atomic mass is 9.70. The number of fused-ring (bicyclic) bond motifs is 13. The highest BCUT2D eigenvalue weighted by Crippen LogP contribution is 2.63. The fraction of sp³-hybridized carbons (Fsp3) is 0.0189. The van der Waals surface area contributed by atoms with Crippen LogP contribution in [-0.2, 0) is 5.41 Å². The average molecular weight is 738 g/mol. The zero-order chi connectivity index (χ0) is 38.4. The number of para-hydroxylation sites is 1. The molecule has 0 saturated carbocycles. The van der Waals surface area contributed by atoms with Crippen LogP contribution in [0.1, 0.15) is 27.8 Å². The highest BCUT2D eigenvalue weighted by Gasteiger charge is 2.51. The molecule has 0 amide bonds. The number of benzene rings is 8. The minimum Gasteiger partial charge on any atom is -0.278 e.